The van der Waals surface area contributed by atoms with E-state index in [1.54, 1.807) is 0 Å². The number of hydrogen-bond donors (Lipinski definition) is 13. The summed E-state index contributed by atoms with van der Waals surface area (Å²) in [6.45, 7) is 3.40. The summed E-state index contributed by atoms with van der Waals surface area (Å²) in [5.74, 6) is -2.46. The normalized spacial score (nSPS) is 41.6. The molecule has 7 rings (SSSR count). The number of aromatic hydroxyl groups is 3. The Bertz CT molecular complexity index is 2070. The summed E-state index contributed by atoms with van der Waals surface area (Å²) in [6, 6.07) is 7.04. The van der Waals surface area contributed by atoms with E-state index in [0.717, 1.165) is 12.1 Å². The topological polar surface area (TPSA) is 367 Å². The fraction of sp³-hybridized carbons (Fsp3) is 0.615. The van der Waals surface area contributed by atoms with Crippen LogP contribution in [-0.2, 0) is 33.2 Å². The van der Waals surface area contributed by atoms with Gasteiger partial charge in [0.2, 0.25) is 17.5 Å². The van der Waals surface area contributed by atoms with Crippen molar-refractivity contribution in [2.75, 3.05) is 6.61 Å². The van der Waals surface area contributed by atoms with Gasteiger partial charge in [0.1, 0.15) is 101 Å². The van der Waals surface area contributed by atoms with E-state index in [9.17, 15) is 71.2 Å². The van der Waals surface area contributed by atoms with Gasteiger partial charge in [-0.05, 0) is 45.0 Å². The fourth-order valence-corrected chi connectivity index (χ4v) is 7.62. The van der Waals surface area contributed by atoms with Crippen LogP contribution < -0.4 is 10.2 Å². The monoisotopic (exact) mass is 886 g/mol. The van der Waals surface area contributed by atoms with Crippen LogP contribution in [0.3, 0.4) is 0 Å². The fourth-order valence-electron chi connectivity index (χ4n) is 7.62. The number of aliphatic hydroxyl groups is 10. The maximum Gasteiger partial charge on any atom is 0.239 e. The third-order valence-corrected chi connectivity index (χ3v) is 11.3. The van der Waals surface area contributed by atoms with Crippen LogP contribution in [0, 0.1) is 0 Å². The molecule has 0 unspecified atom stereocenters. The Morgan fingerprint density at radius 2 is 1.10 bits per heavy atom. The number of fused-ring (bicyclic) bond motifs is 1. The van der Waals surface area contributed by atoms with E-state index in [4.69, 9.17) is 42.3 Å². The molecule has 0 saturated carbocycles. The average molecular weight is 887 g/mol. The largest absolute Gasteiger partial charge is 0.508 e. The first kappa shape index (κ1) is 46.2. The van der Waals surface area contributed by atoms with Gasteiger partial charge in [0.05, 0.1) is 24.9 Å². The van der Waals surface area contributed by atoms with E-state index in [1.165, 1.54) is 45.0 Å². The molecule has 344 valence electrons. The zero-order valence-corrected chi connectivity index (χ0v) is 33.1. The summed E-state index contributed by atoms with van der Waals surface area (Å²) in [7, 11) is 0. The Morgan fingerprint density at radius 1 is 0.548 bits per heavy atom. The molecule has 23 nitrogen and oxygen atoms in total. The summed E-state index contributed by atoms with van der Waals surface area (Å²) >= 11 is 0. The third-order valence-electron chi connectivity index (χ3n) is 11.3. The lowest BCUT2D eigenvalue weighted by Gasteiger charge is -2.48. The maximum absolute atomic E-state index is 14.3. The molecule has 0 radical (unpaired) electrons. The number of hydrogen-bond acceptors (Lipinski definition) is 23. The van der Waals surface area contributed by atoms with Crippen LogP contribution in [0.25, 0.3) is 22.3 Å². The van der Waals surface area contributed by atoms with E-state index in [2.05, 4.69) is 0 Å². The van der Waals surface area contributed by atoms with E-state index in [-0.39, 0.29) is 22.7 Å². The highest BCUT2D eigenvalue weighted by Crippen LogP contribution is 2.39. The SMILES string of the molecule is C[C@@H]1O[C@@H](OC[C@@H]2O[C@H](Oc3c(-c4ccc(O)cc4)oc4cc(O)cc(O)c4c3=O)[C@@H](O[C@@H]3O[C@@H](C)[C@H](O)[C@@H](O[C@H]4O[C@@H](C)[C@H](O)[C@@H](O)[C@H]4O)[C@H]3O)[C@H](O)[C@@H]2O)[C@H](O)[C@H](O)[C@H]1O. The molecule has 13 N–H and O–H groups in total. The van der Waals surface area contributed by atoms with Gasteiger partial charge in [-0.2, -0.15) is 0 Å². The minimum Gasteiger partial charge on any atom is -0.508 e. The molecule has 4 fully saturated rings. The van der Waals surface area contributed by atoms with Crippen LogP contribution in [0.2, 0.25) is 0 Å². The summed E-state index contributed by atoms with van der Waals surface area (Å²) in [5.41, 5.74) is -1.27. The third kappa shape index (κ3) is 8.83. The van der Waals surface area contributed by atoms with Crippen molar-refractivity contribution in [1.82, 2.24) is 0 Å². The van der Waals surface area contributed by atoms with Crippen molar-refractivity contribution in [3.05, 3.63) is 46.6 Å². The molecule has 20 atom stereocenters. The van der Waals surface area contributed by atoms with Crippen LogP contribution in [0.5, 0.6) is 23.0 Å². The second-order valence-corrected chi connectivity index (χ2v) is 15.7. The summed E-state index contributed by atoms with van der Waals surface area (Å²) < 4.78 is 52.2. The molecule has 2 aromatic carbocycles. The molecule has 4 aliphatic rings. The van der Waals surface area contributed by atoms with Gasteiger partial charge in [-0.25, -0.2) is 0 Å². The lowest BCUT2D eigenvalue weighted by Crippen LogP contribution is -2.66. The zero-order valence-electron chi connectivity index (χ0n) is 33.1. The summed E-state index contributed by atoms with van der Waals surface area (Å²) in [4.78, 5) is 14.3. The molecule has 3 aromatic rings. The van der Waals surface area contributed by atoms with Crippen LogP contribution in [0.1, 0.15) is 20.8 Å². The predicted molar refractivity (Wildman–Crippen MR) is 201 cm³/mol. The van der Waals surface area contributed by atoms with Gasteiger partial charge in [-0.1, -0.05) is 0 Å². The minimum absolute atomic E-state index is 0.0968. The molecular weight excluding hydrogens is 836 g/mol. The lowest BCUT2D eigenvalue weighted by atomic mass is 9.96. The molecule has 0 bridgehead atoms. The van der Waals surface area contributed by atoms with Crippen molar-refractivity contribution in [3.8, 4) is 34.3 Å². The molecule has 5 heterocycles. The Labute approximate surface area is 350 Å². The number of aliphatic hydroxyl groups excluding tert-OH is 10. The number of phenolic OH excluding ortho intramolecular Hbond substituents is 3. The molecule has 62 heavy (non-hydrogen) atoms. The minimum atomic E-state index is -2.10. The van der Waals surface area contributed by atoms with Crippen LogP contribution >= 0.6 is 0 Å². The van der Waals surface area contributed by atoms with E-state index in [1.807, 2.05) is 0 Å². The van der Waals surface area contributed by atoms with E-state index >= 15 is 0 Å². The van der Waals surface area contributed by atoms with Gasteiger partial charge in [0, 0.05) is 17.7 Å². The molecule has 1 aromatic heterocycles. The quantitative estimate of drug-likeness (QED) is 0.0932. The summed E-state index contributed by atoms with van der Waals surface area (Å²) in [5, 5.41) is 138. The highest BCUT2D eigenvalue weighted by atomic mass is 16.8. The van der Waals surface area contributed by atoms with E-state index in [0.29, 0.717) is 0 Å². The second kappa shape index (κ2) is 18.3. The number of ether oxygens (including phenoxy) is 8. The average Bonchev–Trinajstić information content (AvgIpc) is 3.23. The Kier molecular flexibility index (Phi) is 13.7. The molecule has 23 heteroatoms. The zero-order chi connectivity index (χ0) is 45.1. The van der Waals surface area contributed by atoms with Gasteiger partial charge in [-0.3, -0.25) is 4.79 Å². The van der Waals surface area contributed by atoms with Crippen molar-refractivity contribution >= 4 is 11.0 Å². The molecule has 4 saturated heterocycles. The van der Waals surface area contributed by atoms with Crippen molar-refractivity contribution in [2.45, 2.75) is 144 Å². The molecular formula is C39H50O23. The Morgan fingerprint density at radius 3 is 1.73 bits per heavy atom. The van der Waals surface area contributed by atoms with Crippen LogP contribution in [-0.4, -0.2) is 196 Å². The Hall–Kier alpha value is -3.83. The van der Waals surface area contributed by atoms with Crippen LogP contribution in [0.4, 0.5) is 0 Å². The predicted octanol–water partition coefficient (Wildman–Crippen LogP) is -3.69. The Balaban J connectivity index is 1.24. The first-order chi connectivity index (χ1) is 29.3. The van der Waals surface area contributed by atoms with Gasteiger partial charge in [-0.15, -0.1) is 0 Å². The molecule has 0 amide bonds. The molecule has 4 aliphatic heterocycles. The van der Waals surface area contributed by atoms with Gasteiger partial charge in [0.15, 0.2) is 30.7 Å². The highest BCUT2D eigenvalue weighted by molar-refractivity contribution is 5.88. The summed E-state index contributed by atoms with van der Waals surface area (Å²) in [6.07, 6.45) is -33.7. The van der Waals surface area contributed by atoms with E-state index < -0.39 is 157 Å². The number of rotatable bonds is 10. The maximum atomic E-state index is 14.3. The van der Waals surface area contributed by atoms with Crippen molar-refractivity contribution < 1.29 is 109 Å². The first-order valence-electron chi connectivity index (χ1n) is 19.6. The van der Waals surface area contributed by atoms with Gasteiger partial charge < -0.3 is 109 Å². The number of phenols is 3. The van der Waals surface area contributed by atoms with Gasteiger partial charge >= 0.3 is 0 Å². The van der Waals surface area contributed by atoms with Crippen molar-refractivity contribution in [3.63, 3.8) is 0 Å². The van der Waals surface area contributed by atoms with Crippen molar-refractivity contribution in [2.24, 2.45) is 0 Å². The highest BCUT2D eigenvalue weighted by Gasteiger charge is 2.54. The number of benzene rings is 2. The standard InChI is InChI=1S/C39H50O23/c1-11-21(43)26(48)29(51)36(55-11)54-10-19-24(46)28(50)35(62-38-31(53)33(23(45)13(3)57-38)60-37-30(52)27(49)22(44)12(2)56-37)39(59-19)61-34-25(47)20-17(42)8-16(41)9-18(20)58-32(34)14-4-6-15(40)7-5-14/h4-9,11-13,19,21-24,26-31,33,35-46,48-53H,10H2,1-3H3/t11-,12-,13-,19-,21-,22-,23-,24+,26+,27+,28+,29+,30+,31+,33+,35-,36+,37+,38-,39+/m0/s1. The van der Waals surface area contributed by atoms with Crippen molar-refractivity contribution in [1.29, 1.82) is 0 Å². The smallest absolute Gasteiger partial charge is 0.239 e. The molecule has 0 aliphatic carbocycles. The molecule has 0 spiro atoms. The van der Waals surface area contributed by atoms with Gasteiger partial charge in [0.25, 0.3) is 0 Å². The second-order valence-electron chi connectivity index (χ2n) is 15.7. The van der Waals surface area contributed by atoms with Crippen LogP contribution in [0.15, 0.2) is 45.6 Å². The lowest BCUT2D eigenvalue weighted by molar-refractivity contribution is -0.378. The first-order valence-corrected chi connectivity index (χ1v) is 19.6.